The Bertz CT molecular complexity index is 729. The van der Waals surface area contributed by atoms with Crippen molar-refractivity contribution in [3.63, 3.8) is 0 Å². The quantitative estimate of drug-likeness (QED) is 0.766. The number of H-pyrrole nitrogens is 1. The Hall–Kier alpha value is -2.01. The second-order valence-corrected chi connectivity index (χ2v) is 5.53. The van der Waals surface area contributed by atoms with E-state index in [4.69, 9.17) is 10.5 Å². The molecule has 0 aliphatic rings. The van der Waals surface area contributed by atoms with E-state index >= 15 is 0 Å². The van der Waals surface area contributed by atoms with Crippen molar-refractivity contribution in [3.05, 3.63) is 29.3 Å². The Balaban J connectivity index is 2.18. The van der Waals surface area contributed by atoms with Gasteiger partial charge in [-0.25, -0.2) is 4.98 Å². The van der Waals surface area contributed by atoms with Crippen LogP contribution < -0.4 is 10.5 Å². The van der Waals surface area contributed by atoms with E-state index in [2.05, 4.69) is 9.97 Å². The Morgan fingerprint density at radius 2 is 2.26 bits per heavy atom. The highest BCUT2D eigenvalue weighted by Gasteiger charge is 2.13. The molecule has 98 valence electrons. The second-order valence-electron chi connectivity index (χ2n) is 4.30. The van der Waals surface area contributed by atoms with Crippen LogP contribution in [0.3, 0.4) is 0 Å². The third-order valence-corrected chi connectivity index (χ3v) is 3.83. The number of thiazole rings is 1. The molecule has 0 fully saturated rings. The minimum absolute atomic E-state index is 0.600. The fraction of sp³-hybridized carbons (Fsp3) is 0.214. The fourth-order valence-electron chi connectivity index (χ4n) is 2.22. The summed E-state index contributed by atoms with van der Waals surface area (Å²) in [5.41, 5.74) is 8.87. The summed E-state index contributed by atoms with van der Waals surface area (Å²) in [6, 6.07) is 6.03. The smallest absolute Gasteiger partial charge is 0.180 e. The Kier molecular flexibility index (Phi) is 2.91. The van der Waals surface area contributed by atoms with Gasteiger partial charge >= 0.3 is 0 Å². The average molecular weight is 273 g/mol. The number of nitrogens with one attached hydrogen (secondary N) is 1. The van der Waals surface area contributed by atoms with Crippen molar-refractivity contribution in [1.29, 1.82) is 0 Å². The van der Waals surface area contributed by atoms with Crippen LogP contribution in [0.25, 0.3) is 22.2 Å². The van der Waals surface area contributed by atoms with Crippen LogP contribution in [0, 0.1) is 6.92 Å². The summed E-state index contributed by atoms with van der Waals surface area (Å²) in [6.45, 7) is 4.68. The number of anilines is 1. The highest BCUT2D eigenvalue weighted by molar-refractivity contribution is 7.15. The molecular weight excluding hydrogens is 258 g/mol. The van der Waals surface area contributed by atoms with Crippen LogP contribution >= 0.6 is 11.3 Å². The summed E-state index contributed by atoms with van der Waals surface area (Å²) in [5, 5.41) is 1.71. The predicted molar refractivity (Wildman–Crippen MR) is 79.7 cm³/mol. The number of aromatic nitrogens is 2. The molecule has 2 aromatic heterocycles. The molecule has 19 heavy (non-hydrogen) atoms. The molecule has 0 radical (unpaired) electrons. The van der Waals surface area contributed by atoms with Crippen molar-refractivity contribution < 1.29 is 4.74 Å². The van der Waals surface area contributed by atoms with Gasteiger partial charge in [-0.1, -0.05) is 0 Å². The van der Waals surface area contributed by atoms with Gasteiger partial charge < -0.3 is 15.5 Å². The van der Waals surface area contributed by atoms with Gasteiger partial charge in [-0.05, 0) is 32.0 Å². The van der Waals surface area contributed by atoms with Crippen LogP contribution in [0.2, 0.25) is 0 Å². The number of ether oxygens (including phenoxy) is 1. The molecule has 4 nitrogen and oxygen atoms in total. The number of nitrogen functional groups attached to an aromatic ring is 1. The van der Waals surface area contributed by atoms with Gasteiger partial charge in [0.2, 0.25) is 0 Å². The first-order valence-corrected chi connectivity index (χ1v) is 6.98. The zero-order valence-corrected chi connectivity index (χ0v) is 11.7. The summed E-state index contributed by atoms with van der Waals surface area (Å²) in [7, 11) is 0. The highest BCUT2D eigenvalue weighted by atomic mass is 32.1. The first kappa shape index (κ1) is 12.0. The molecule has 0 aliphatic carbocycles. The first-order chi connectivity index (χ1) is 9.19. The lowest BCUT2D eigenvalue weighted by Gasteiger charge is -2.03. The van der Waals surface area contributed by atoms with E-state index < -0.39 is 0 Å². The number of hydrogen-bond acceptors (Lipinski definition) is 4. The van der Waals surface area contributed by atoms with Crippen LogP contribution in [0.15, 0.2) is 24.4 Å². The molecule has 0 saturated carbocycles. The molecule has 0 atom stereocenters. The Labute approximate surface area is 115 Å². The lowest BCUT2D eigenvalue weighted by molar-refractivity contribution is 0.341. The molecule has 0 saturated heterocycles. The molecule has 3 rings (SSSR count). The maximum absolute atomic E-state index is 5.78. The van der Waals surface area contributed by atoms with Gasteiger partial charge in [0.15, 0.2) is 5.13 Å². The molecule has 5 heteroatoms. The molecule has 2 heterocycles. The number of nitrogens with two attached hydrogens (primary N) is 1. The van der Waals surface area contributed by atoms with Crippen LogP contribution in [-0.4, -0.2) is 16.6 Å². The SMILES string of the molecule is CCOc1ccc2[nH]cc(-c3nc(N)sc3C)c2c1. The van der Waals surface area contributed by atoms with Crippen LogP contribution in [0.4, 0.5) is 5.13 Å². The highest BCUT2D eigenvalue weighted by Crippen LogP contribution is 2.35. The van der Waals surface area contributed by atoms with Gasteiger partial charge in [0.1, 0.15) is 5.75 Å². The van der Waals surface area contributed by atoms with E-state index in [1.54, 1.807) is 0 Å². The number of benzene rings is 1. The summed E-state index contributed by atoms with van der Waals surface area (Å²) in [5.74, 6) is 0.872. The molecule has 0 unspecified atom stereocenters. The molecule has 3 N–H and O–H groups in total. The zero-order chi connectivity index (χ0) is 13.4. The number of fused-ring (bicyclic) bond motifs is 1. The minimum atomic E-state index is 0.600. The molecule has 0 aliphatic heterocycles. The van der Waals surface area contributed by atoms with Crippen LogP contribution in [0.5, 0.6) is 5.75 Å². The van der Waals surface area contributed by atoms with E-state index in [0.29, 0.717) is 11.7 Å². The van der Waals surface area contributed by atoms with Gasteiger partial charge in [0, 0.05) is 27.5 Å². The lowest BCUT2D eigenvalue weighted by Crippen LogP contribution is -1.90. The summed E-state index contributed by atoms with van der Waals surface area (Å²) in [6.07, 6.45) is 1.97. The van der Waals surface area contributed by atoms with E-state index in [0.717, 1.165) is 32.8 Å². The fourth-order valence-corrected chi connectivity index (χ4v) is 2.92. The van der Waals surface area contributed by atoms with E-state index in [1.807, 2.05) is 38.2 Å². The minimum Gasteiger partial charge on any atom is -0.494 e. The first-order valence-electron chi connectivity index (χ1n) is 6.16. The third-order valence-electron chi connectivity index (χ3n) is 3.03. The van der Waals surface area contributed by atoms with E-state index in [-0.39, 0.29) is 0 Å². The van der Waals surface area contributed by atoms with Crippen LogP contribution in [-0.2, 0) is 0 Å². The summed E-state index contributed by atoms with van der Waals surface area (Å²) in [4.78, 5) is 8.80. The maximum atomic E-state index is 5.78. The van der Waals surface area contributed by atoms with E-state index in [1.165, 1.54) is 11.3 Å². The van der Waals surface area contributed by atoms with Crippen molar-refractivity contribution in [2.45, 2.75) is 13.8 Å². The van der Waals surface area contributed by atoms with Crippen LogP contribution in [0.1, 0.15) is 11.8 Å². The maximum Gasteiger partial charge on any atom is 0.180 e. The normalized spacial score (nSPS) is 11.1. The zero-order valence-electron chi connectivity index (χ0n) is 10.9. The average Bonchev–Trinajstić information content (AvgIpc) is 2.92. The van der Waals surface area contributed by atoms with Gasteiger partial charge in [-0.3, -0.25) is 0 Å². The number of hydrogen-bond donors (Lipinski definition) is 2. The van der Waals surface area contributed by atoms with Crippen molar-refractivity contribution in [2.24, 2.45) is 0 Å². The number of rotatable bonds is 3. The molecule has 0 amide bonds. The third kappa shape index (κ3) is 2.06. The predicted octanol–water partition coefficient (Wildman–Crippen LogP) is 3.58. The topological polar surface area (TPSA) is 63.9 Å². The van der Waals surface area contributed by atoms with Gasteiger partial charge in [0.05, 0.1) is 12.3 Å². The van der Waals surface area contributed by atoms with Crippen molar-refractivity contribution in [2.75, 3.05) is 12.3 Å². The lowest BCUT2D eigenvalue weighted by atomic mass is 10.1. The molecule has 0 bridgehead atoms. The Morgan fingerprint density at radius 1 is 1.42 bits per heavy atom. The van der Waals surface area contributed by atoms with Gasteiger partial charge in [-0.15, -0.1) is 11.3 Å². The van der Waals surface area contributed by atoms with Gasteiger partial charge in [-0.2, -0.15) is 0 Å². The molecular formula is C14H15N3OS. The van der Waals surface area contributed by atoms with E-state index in [9.17, 15) is 0 Å². The standard InChI is InChI=1S/C14H15N3OS/c1-3-18-9-4-5-12-10(6-9)11(7-16-12)13-8(2)19-14(15)17-13/h4-7,16H,3H2,1-2H3,(H2,15,17). The van der Waals surface area contributed by atoms with Crippen molar-refractivity contribution in [3.8, 4) is 17.0 Å². The summed E-state index contributed by atoms with van der Waals surface area (Å²) < 4.78 is 5.55. The molecule has 1 aromatic carbocycles. The summed E-state index contributed by atoms with van der Waals surface area (Å²) >= 11 is 1.51. The number of aryl methyl sites for hydroxylation is 1. The van der Waals surface area contributed by atoms with Crippen molar-refractivity contribution in [1.82, 2.24) is 9.97 Å². The molecule has 3 aromatic rings. The monoisotopic (exact) mass is 273 g/mol. The number of nitrogens with zero attached hydrogens (tertiary/aromatic N) is 1. The number of aromatic amines is 1. The van der Waals surface area contributed by atoms with Crippen molar-refractivity contribution >= 4 is 27.4 Å². The Morgan fingerprint density at radius 3 is 2.95 bits per heavy atom. The van der Waals surface area contributed by atoms with Gasteiger partial charge in [0.25, 0.3) is 0 Å². The largest absolute Gasteiger partial charge is 0.494 e. The second kappa shape index (κ2) is 4.59. The molecule has 0 spiro atoms.